The number of nitrogens with zero attached hydrogens (tertiary/aromatic N) is 2. The van der Waals surface area contributed by atoms with Gasteiger partial charge in [-0.05, 0) is 48.7 Å². The number of benzene rings is 2. The van der Waals surface area contributed by atoms with Gasteiger partial charge in [-0.25, -0.2) is 4.99 Å². The first-order valence-electron chi connectivity index (χ1n) is 7.28. The Bertz CT molecular complexity index is 683. The maximum atomic E-state index is 6.48. The largest absolute Gasteiger partial charge is 0.366 e. The fraction of sp³-hybridized carbons (Fsp3) is 0.278. The second-order valence-corrected chi connectivity index (χ2v) is 6.55. The lowest BCUT2D eigenvalue weighted by Crippen LogP contribution is -2.14. The summed E-state index contributed by atoms with van der Waals surface area (Å²) < 4.78 is 1.10. The van der Waals surface area contributed by atoms with Gasteiger partial charge in [0.05, 0.1) is 12.0 Å². The molecule has 0 saturated carbocycles. The second kappa shape index (κ2) is 7.80. The SMILES string of the molecule is CCN(C)C=Nc1cc(C)c(Cl)c(Cc2ccccc2Br)c1. The van der Waals surface area contributed by atoms with Gasteiger partial charge in [0.15, 0.2) is 0 Å². The minimum Gasteiger partial charge on any atom is -0.366 e. The van der Waals surface area contributed by atoms with E-state index in [1.165, 1.54) is 5.56 Å². The molecule has 0 unspecified atom stereocenters. The molecule has 0 aliphatic carbocycles. The zero-order valence-corrected chi connectivity index (χ0v) is 15.4. The van der Waals surface area contributed by atoms with Gasteiger partial charge < -0.3 is 4.90 Å². The quantitative estimate of drug-likeness (QED) is 0.487. The summed E-state index contributed by atoms with van der Waals surface area (Å²) in [6.45, 7) is 5.05. The molecule has 2 rings (SSSR count). The highest BCUT2D eigenvalue weighted by molar-refractivity contribution is 9.10. The lowest BCUT2D eigenvalue weighted by Gasteiger charge is -2.11. The topological polar surface area (TPSA) is 15.6 Å². The Morgan fingerprint density at radius 3 is 2.64 bits per heavy atom. The molecule has 22 heavy (non-hydrogen) atoms. The Hall–Kier alpha value is -1.32. The molecule has 2 aromatic carbocycles. The van der Waals surface area contributed by atoms with Crippen molar-refractivity contribution in [2.75, 3.05) is 13.6 Å². The van der Waals surface area contributed by atoms with Crippen molar-refractivity contribution in [1.29, 1.82) is 0 Å². The van der Waals surface area contributed by atoms with E-state index < -0.39 is 0 Å². The van der Waals surface area contributed by atoms with E-state index in [-0.39, 0.29) is 0 Å². The lowest BCUT2D eigenvalue weighted by molar-refractivity contribution is 0.552. The molecule has 0 amide bonds. The molecule has 0 atom stereocenters. The summed E-state index contributed by atoms with van der Waals surface area (Å²) in [5, 5.41) is 0.818. The summed E-state index contributed by atoms with van der Waals surface area (Å²) in [5.74, 6) is 0. The first-order chi connectivity index (χ1) is 10.5. The molecule has 0 fully saturated rings. The molecule has 0 saturated heterocycles. The summed E-state index contributed by atoms with van der Waals surface area (Å²) >= 11 is 10.1. The van der Waals surface area contributed by atoms with Crippen LogP contribution in [0.5, 0.6) is 0 Å². The number of hydrogen-bond donors (Lipinski definition) is 0. The van der Waals surface area contributed by atoms with Crippen LogP contribution in [0.4, 0.5) is 5.69 Å². The van der Waals surface area contributed by atoms with E-state index in [1.54, 1.807) is 0 Å². The van der Waals surface area contributed by atoms with Gasteiger partial charge >= 0.3 is 0 Å². The van der Waals surface area contributed by atoms with Gasteiger partial charge in [-0.2, -0.15) is 0 Å². The van der Waals surface area contributed by atoms with Crippen LogP contribution in [0.1, 0.15) is 23.6 Å². The average molecular weight is 380 g/mol. The van der Waals surface area contributed by atoms with Crippen molar-refractivity contribution < 1.29 is 0 Å². The first kappa shape index (κ1) is 17.0. The number of rotatable bonds is 5. The predicted molar refractivity (Wildman–Crippen MR) is 99.6 cm³/mol. The number of aryl methyl sites for hydroxylation is 1. The van der Waals surface area contributed by atoms with Crippen LogP contribution in [0, 0.1) is 6.92 Å². The summed E-state index contributed by atoms with van der Waals surface area (Å²) in [4.78, 5) is 6.57. The van der Waals surface area contributed by atoms with Gasteiger partial charge in [-0.1, -0.05) is 45.7 Å². The van der Waals surface area contributed by atoms with E-state index in [4.69, 9.17) is 11.6 Å². The highest BCUT2D eigenvalue weighted by Crippen LogP contribution is 2.30. The molecule has 0 radical (unpaired) electrons. The van der Waals surface area contributed by atoms with E-state index in [1.807, 2.05) is 49.5 Å². The molecule has 2 aromatic rings. The lowest BCUT2D eigenvalue weighted by atomic mass is 10.0. The van der Waals surface area contributed by atoms with Gasteiger partial charge in [-0.15, -0.1) is 0 Å². The molecule has 2 nitrogen and oxygen atoms in total. The smallest absolute Gasteiger partial charge is 0.0909 e. The van der Waals surface area contributed by atoms with Crippen LogP contribution in [0.2, 0.25) is 5.02 Å². The van der Waals surface area contributed by atoms with Crippen LogP contribution >= 0.6 is 27.5 Å². The predicted octanol–water partition coefficient (Wildman–Crippen LogP) is 5.61. The molecule has 0 bridgehead atoms. The van der Waals surface area contributed by atoms with Gasteiger partial charge in [0.1, 0.15) is 0 Å². The zero-order chi connectivity index (χ0) is 16.1. The van der Waals surface area contributed by atoms with E-state index in [0.29, 0.717) is 0 Å². The number of aliphatic imine (C=N–C) groups is 1. The van der Waals surface area contributed by atoms with Gasteiger partial charge in [0.2, 0.25) is 0 Å². The van der Waals surface area contributed by atoms with Crippen LogP contribution in [-0.2, 0) is 6.42 Å². The molecule has 4 heteroatoms. The minimum atomic E-state index is 0.786. The summed E-state index contributed by atoms with van der Waals surface area (Å²) in [6.07, 6.45) is 2.64. The Morgan fingerprint density at radius 2 is 1.95 bits per heavy atom. The second-order valence-electron chi connectivity index (χ2n) is 5.32. The van der Waals surface area contributed by atoms with Crippen LogP contribution in [-0.4, -0.2) is 24.8 Å². The van der Waals surface area contributed by atoms with E-state index in [9.17, 15) is 0 Å². The minimum absolute atomic E-state index is 0.786. The molecular weight excluding hydrogens is 360 g/mol. The van der Waals surface area contributed by atoms with E-state index in [0.717, 1.165) is 39.3 Å². The van der Waals surface area contributed by atoms with Crippen molar-refractivity contribution in [2.24, 2.45) is 4.99 Å². The first-order valence-corrected chi connectivity index (χ1v) is 8.45. The number of hydrogen-bond acceptors (Lipinski definition) is 1. The van der Waals surface area contributed by atoms with Crippen molar-refractivity contribution in [1.82, 2.24) is 4.90 Å². The van der Waals surface area contributed by atoms with Crippen molar-refractivity contribution in [3.63, 3.8) is 0 Å². The fourth-order valence-corrected chi connectivity index (χ4v) is 2.72. The monoisotopic (exact) mass is 378 g/mol. The highest BCUT2D eigenvalue weighted by atomic mass is 79.9. The normalized spacial score (nSPS) is 11.1. The average Bonchev–Trinajstić information content (AvgIpc) is 2.51. The highest BCUT2D eigenvalue weighted by Gasteiger charge is 2.09. The van der Waals surface area contributed by atoms with E-state index >= 15 is 0 Å². The van der Waals surface area contributed by atoms with E-state index in [2.05, 4.69) is 40.0 Å². The molecule has 0 aliphatic heterocycles. The molecule has 0 spiro atoms. The summed E-state index contributed by atoms with van der Waals surface area (Å²) in [6, 6.07) is 12.3. The van der Waals surface area contributed by atoms with Gasteiger partial charge in [0.25, 0.3) is 0 Å². The molecule has 0 aliphatic rings. The fourth-order valence-electron chi connectivity index (χ4n) is 2.12. The standard InChI is InChI=1S/C18H20BrClN2/c1-4-22(3)12-21-16-9-13(2)18(20)15(11-16)10-14-7-5-6-8-17(14)19/h5-9,11-12H,4,10H2,1-3H3. The van der Waals surface area contributed by atoms with Gasteiger partial charge in [-0.3, -0.25) is 0 Å². The van der Waals surface area contributed by atoms with Crippen LogP contribution in [0.25, 0.3) is 0 Å². The number of halogens is 2. The third kappa shape index (κ3) is 4.34. The Morgan fingerprint density at radius 1 is 1.23 bits per heavy atom. The van der Waals surface area contributed by atoms with Crippen LogP contribution < -0.4 is 0 Å². The van der Waals surface area contributed by atoms with Crippen molar-refractivity contribution in [2.45, 2.75) is 20.3 Å². The Labute approximate surface area is 146 Å². The molecule has 0 heterocycles. The maximum Gasteiger partial charge on any atom is 0.0909 e. The summed E-state index contributed by atoms with van der Waals surface area (Å²) in [5.41, 5.74) is 4.30. The Kier molecular flexibility index (Phi) is 6.04. The molecule has 0 aromatic heterocycles. The van der Waals surface area contributed by atoms with Crippen molar-refractivity contribution >= 4 is 39.6 Å². The van der Waals surface area contributed by atoms with Gasteiger partial charge in [0, 0.05) is 29.5 Å². The third-order valence-electron chi connectivity index (χ3n) is 3.56. The third-order valence-corrected chi connectivity index (χ3v) is 4.87. The van der Waals surface area contributed by atoms with Crippen LogP contribution in [0.15, 0.2) is 45.9 Å². The summed E-state index contributed by atoms with van der Waals surface area (Å²) in [7, 11) is 2.01. The molecular formula is C18H20BrClN2. The van der Waals surface area contributed by atoms with Crippen LogP contribution in [0.3, 0.4) is 0 Å². The molecule has 0 N–H and O–H groups in total. The molecule has 116 valence electrons. The zero-order valence-electron chi connectivity index (χ0n) is 13.1. The maximum absolute atomic E-state index is 6.48. The van der Waals surface area contributed by atoms with Crippen molar-refractivity contribution in [3.05, 3.63) is 62.6 Å². The van der Waals surface area contributed by atoms with Crippen molar-refractivity contribution in [3.8, 4) is 0 Å². The Balaban J connectivity index is 2.33.